The van der Waals surface area contributed by atoms with Crippen molar-refractivity contribution >= 4 is 38.5 Å². The van der Waals surface area contributed by atoms with E-state index in [0.717, 1.165) is 19.4 Å². The van der Waals surface area contributed by atoms with E-state index in [-0.39, 0.29) is 6.04 Å². The smallest absolute Gasteiger partial charge is 0.211 e. The van der Waals surface area contributed by atoms with E-state index in [1.54, 1.807) is 6.20 Å². The summed E-state index contributed by atoms with van der Waals surface area (Å²) in [4.78, 5) is 4.29. The maximum absolute atomic E-state index is 5.76. The molecule has 0 radical (unpaired) electrons. The van der Waals surface area contributed by atoms with Crippen molar-refractivity contribution < 1.29 is 4.42 Å². The maximum Gasteiger partial charge on any atom is 0.211 e. The summed E-state index contributed by atoms with van der Waals surface area (Å²) < 4.78 is 7.94. The van der Waals surface area contributed by atoms with Gasteiger partial charge in [-0.25, -0.2) is 4.98 Å². The Balaban J connectivity index is 2.40. The van der Waals surface area contributed by atoms with Gasteiger partial charge in [0.2, 0.25) is 5.89 Å². The molecule has 1 aromatic carbocycles. The Bertz CT molecular complexity index is 527. The van der Waals surface area contributed by atoms with E-state index in [4.69, 9.17) is 4.42 Å². The van der Waals surface area contributed by atoms with Crippen LogP contribution in [0.2, 0.25) is 0 Å². The normalized spacial score (nSPS) is 12.7. The summed E-state index contributed by atoms with van der Waals surface area (Å²) in [5.74, 6) is 1.51. The van der Waals surface area contributed by atoms with Crippen LogP contribution in [-0.2, 0) is 0 Å². The number of benzene rings is 1. The number of rotatable bonds is 3. The lowest BCUT2D eigenvalue weighted by Crippen LogP contribution is -2.12. The van der Waals surface area contributed by atoms with Gasteiger partial charge in [0, 0.05) is 13.6 Å². The Morgan fingerprint density at radius 2 is 2.24 bits per heavy atom. The van der Waals surface area contributed by atoms with Crippen LogP contribution < -0.4 is 5.32 Å². The van der Waals surface area contributed by atoms with Crippen LogP contribution in [0.15, 0.2) is 33.3 Å². The fourth-order valence-electron chi connectivity index (χ4n) is 1.42. The average molecular weight is 407 g/mol. The van der Waals surface area contributed by atoms with Crippen LogP contribution in [0.4, 0.5) is 0 Å². The highest BCUT2D eigenvalue weighted by atomic mass is 127. The molecule has 0 amide bonds. The molecule has 0 aliphatic rings. The van der Waals surface area contributed by atoms with Crippen LogP contribution in [0.5, 0.6) is 0 Å². The van der Waals surface area contributed by atoms with Crippen LogP contribution in [0.1, 0.15) is 18.9 Å². The lowest BCUT2D eigenvalue weighted by atomic mass is 10.2. The van der Waals surface area contributed by atoms with Gasteiger partial charge < -0.3 is 9.73 Å². The van der Waals surface area contributed by atoms with E-state index in [1.807, 2.05) is 32.2 Å². The van der Waals surface area contributed by atoms with Gasteiger partial charge in [-0.2, -0.15) is 0 Å². The lowest BCUT2D eigenvalue weighted by molar-refractivity contribution is 0.441. The molecule has 0 aliphatic heterocycles. The molecule has 1 aromatic heterocycles. The summed E-state index contributed by atoms with van der Waals surface area (Å²) in [7, 11) is 1.89. The zero-order chi connectivity index (χ0) is 12.4. The van der Waals surface area contributed by atoms with Crippen LogP contribution in [-0.4, -0.2) is 12.0 Å². The predicted octanol–water partition coefficient (Wildman–Crippen LogP) is 3.99. The van der Waals surface area contributed by atoms with Crippen molar-refractivity contribution in [3.8, 4) is 11.3 Å². The van der Waals surface area contributed by atoms with Crippen LogP contribution in [0.3, 0.4) is 0 Å². The second-order valence-electron chi connectivity index (χ2n) is 3.70. The van der Waals surface area contributed by atoms with Gasteiger partial charge in [0.1, 0.15) is 0 Å². The molecule has 0 saturated heterocycles. The molecular weight excluding hydrogens is 395 g/mol. The SMILES string of the molecule is CNC(C)c1ncc(-c2cc(Br)ccc2I)o1. The van der Waals surface area contributed by atoms with Gasteiger partial charge in [0.05, 0.1) is 12.2 Å². The number of nitrogens with zero attached hydrogens (tertiary/aromatic N) is 1. The van der Waals surface area contributed by atoms with Crippen LogP contribution in [0, 0.1) is 3.57 Å². The maximum atomic E-state index is 5.76. The van der Waals surface area contributed by atoms with Gasteiger partial charge in [-0.05, 0) is 54.8 Å². The first-order valence-corrected chi connectivity index (χ1v) is 7.07. The highest BCUT2D eigenvalue weighted by molar-refractivity contribution is 14.1. The molecule has 5 heteroatoms. The molecule has 1 unspecified atom stereocenters. The summed E-state index contributed by atoms with van der Waals surface area (Å²) in [5.41, 5.74) is 1.06. The molecule has 0 saturated carbocycles. The molecule has 1 atom stereocenters. The third kappa shape index (κ3) is 2.89. The number of hydrogen-bond acceptors (Lipinski definition) is 3. The molecule has 1 N–H and O–H groups in total. The Hall–Kier alpha value is -0.400. The molecule has 0 fully saturated rings. The van der Waals surface area contributed by atoms with Crippen molar-refractivity contribution in [3.05, 3.63) is 38.3 Å². The number of halogens is 2. The van der Waals surface area contributed by atoms with Gasteiger partial charge in [-0.1, -0.05) is 15.9 Å². The highest BCUT2D eigenvalue weighted by Gasteiger charge is 2.13. The third-order valence-electron chi connectivity index (χ3n) is 2.52. The van der Waals surface area contributed by atoms with Crippen LogP contribution in [0.25, 0.3) is 11.3 Å². The zero-order valence-electron chi connectivity index (χ0n) is 9.50. The third-order valence-corrected chi connectivity index (χ3v) is 3.95. The standard InChI is InChI=1S/C12H12BrIN2O/c1-7(15-2)12-16-6-11(17-12)9-5-8(13)3-4-10(9)14/h3-7,15H,1-2H3. The largest absolute Gasteiger partial charge is 0.439 e. The Morgan fingerprint density at radius 1 is 1.47 bits per heavy atom. The summed E-state index contributed by atoms with van der Waals surface area (Å²) >= 11 is 5.76. The average Bonchev–Trinajstić information content (AvgIpc) is 2.80. The summed E-state index contributed by atoms with van der Waals surface area (Å²) in [6.45, 7) is 2.02. The summed E-state index contributed by atoms with van der Waals surface area (Å²) in [6.07, 6.45) is 1.77. The van der Waals surface area contributed by atoms with E-state index in [9.17, 15) is 0 Å². The molecule has 2 aromatic rings. The van der Waals surface area contributed by atoms with E-state index in [0.29, 0.717) is 5.89 Å². The minimum Gasteiger partial charge on any atom is -0.439 e. The van der Waals surface area contributed by atoms with Crippen molar-refractivity contribution in [1.29, 1.82) is 0 Å². The molecule has 0 aliphatic carbocycles. The Morgan fingerprint density at radius 3 is 2.94 bits per heavy atom. The second-order valence-corrected chi connectivity index (χ2v) is 5.78. The molecule has 0 bridgehead atoms. The fraction of sp³-hybridized carbons (Fsp3) is 0.250. The monoisotopic (exact) mass is 406 g/mol. The van der Waals surface area contributed by atoms with Gasteiger partial charge in [0.15, 0.2) is 5.76 Å². The molecule has 3 nitrogen and oxygen atoms in total. The first-order valence-electron chi connectivity index (χ1n) is 5.20. The number of nitrogens with one attached hydrogen (secondary N) is 1. The van der Waals surface area contributed by atoms with Gasteiger partial charge in [0.25, 0.3) is 0 Å². The first kappa shape index (κ1) is 13.0. The van der Waals surface area contributed by atoms with Gasteiger partial charge in [-0.15, -0.1) is 0 Å². The molecule has 1 heterocycles. The minimum atomic E-state index is 0.119. The van der Waals surface area contributed by atoms with Gasteiger partial charge in [-0.3, -0.25) is 0 Å². The zero-order valence-corrected chi connectivity index (χ0v) is 13.2. The Labute approximate surface area is 122 Å². The van der Waals surface area contributed by atoms with Crippen LogP contribution >= 0.6 is 38.5 Å². The first-order chi connectivity index (χ1) is 8.11. The van der Waals surface area contributed by atoms with E-state index in [2.05, 4.69) is 48.8 Å². The highest BCUT2D eigenvalue weighted by Crippen LogP contribution is 2.29. The van der Waals surface area contributed by atoms with Crippen molar-refractivity contribution in [2.45, 2.75) is 13.0 Å². The molecular formula is C12H12BrIN2O. The molecule has 0 spiro atoms. The van der Waals surface area contributed by atoms with Crippen molar-refractivity contribution in [1.82, 2.24) is 10.3 Å². The van der Waals surface area contributed by atoms with Crippen molar-refractivity contribution in [2.75, 3.05) is 7.05 Å². The Kier molecular flexibility index (Phi) is 4.22. The summed E-state index contributed by atoms with van der Waals surface area (Å²) in [5, 5.41) is 3.10. The number of hydrogen-bond donors (Lipinski definition) is 1. The van der Waals surface area contributed by atoms with Crippen molar-refractivity contribution in [2.24, 2.45) is 0 Å². The topological polar surface area (TPSA) is 38.1 Å². The van der Waals surface area contributed by atoms with Crippen molar-refractivity contribution in [3.63, 3.8) is 0 Å². The van der Waals surface area contributed by atoms with E-state index in [1.165, 1.54) is 0 Å². The fourth-order valence-corrected chi connectivity index (χ4v) is 2.38. The number of aromatic nitrogens is 1. The molecule has 90 valence electrons. The molecule has 17 heavy (non-hydrogen) atoms. The second kappa shape index (κ2) is 5.49. The van der Waals surface area contributed by atoms with Gasteiger partial charge >= 0.3 is 0 Å². The molecule has 2 rings (SSSR count). The number of oxazole rings is 1. The quantitative estimate of drug-likeness (QED) is 0.783. The minimum absolute atomic E-state index is 0.119. The van der Waals surface area contributed by atoms with E-state index < -0.39 is 0 Å². The summed E-state index contributed by atoms with van der Waals surface area (Å²) in [6, 6.07) is 6.21. The predicted molar refractivity (Wildman–Crippen MR) is 79.8 cm³/mol. The van der Waals surface area contributed by atoms with E-state index >= 15 is 0 Å². The lowest BCUT2D eigenvalue weighted by Gasteiger charge is -2.04.